The van der Waals surface area contributed by atoms with Crippen LogP contribution in [0.1, 0.15) is 33.8 Å². The average molecular weight is 334 g/mol. The van der Waals surface area contributed by atoms with Gasteiger partial charge in [0.2, 0.25) is 0 Å². The van der Waals surface area contributed by atoms with Crippen molar-refractivity contribution in [1.29, 1.82) is 0 Å². The molecule has 0 fully saturated rings. The van der Waals surface area contributed by atoms with Crippen LogP contribution < -0.4 is 5.32 Å². The molecule has 0 aliphatic heterocycles. The van der Waals surface area contributed by atoms with Crippen LogP contribution in [0.5, 0.6) is 0 Å². The average Bonchev–Trinajstić information content (AvgIpc) is 2.66. The largest absolute Gasteiger partial charge is 0.416 e. The zero-order chi connectivity index (χ0) is 15.8. The van der Waals surface area contributed by atoms with Gasteiger partial charge in [-0.2, -0.15) is 13.2 Å². The van der Waals surface area contributed by atoms with Gasteiger partial charge < -0.3 is 5.32 Å². The van der Waals surface area contributed by atoms with E-state index in [-0.39, 0.29) is 11.1 Å². The lowest BCUT2D eigenvalue weighted by Crippen LogP contribution is -2.09. The van der Waals surface area contributed by atoms with Crippen molar-refractivity contribution in [2.24, 2.45) is 0 Å². The number of aryl methyl sites for hydroxylation is 2. The summed E-state index contributed by atoms with van der Waals surface area (Å²) in [6, 6.07) is 5.47. The molecule has 0 amide bonds. The Morgan fingerprint density at radius 1 is 1.14 bits per heavy atom. The number of benzene rings is 1. The fourth-order valence-corrected chi connectivity index (χ4v) is 3.50. The summed E-state index contributed by atoms with van der Waals surface area (Å²) in [6.07, 6.45) is -4.40. The van der Waals surface area contributed by atoms with Gasteiger partial charge >= 0.3 is 6.18 Å². The molecular formula is C15H15ClF3NS. The highest BCUT2D eigenvalue weighted by atomic mass is 35.5. The molecule has 0 radical (unpaired) electrons. The van der Waals surface area contributed by atoms with Crippen molar-refractivity contribution < 1.29 is 13.2 Å². The lowest BCUT2D eigenvalue weighted by Gasteiger charge is -2.17. The van der Waals surface area contributed by atoms with Gasteiger partial charge in [0.25, 0.3) is 0 Å². The van der Waals surface area contributed by atoms with Crippen LogP contribution in [0.25, 0.3) is 0 Å². The second-order valence-electron chi connectivity index (χ2n) is 4.96. The number of rotatable bonds is 3. The van der Waals surface area contributed by atoms with E-state index in [2.05, 4.69) is 5.32 Å². The molecule has 1 unspecified atom stereocenters. The second-order valence-corrected chi connectivity index (χ2v) is 6.86. The Kier molecular flexibility index (Phi) is 4.54. The Morgan fingerprint density at radius 2 is 1.81 bits per heavy atom. The lowest BCUT2D eigenvalue weighted by atomic mass is 10.1. The monoisotopic (exact) mass is 333 g/mol. The highest BCUT2D eigenvalue weighted by molar-refractivity contribution is 7.12. The third-order valence-corrected chi connectivity index (χ3v) is 4.35. The molecule has 2 rings (SSSR count). The number of alkyl halides is 3. The Labute approximate surface area is 130 Å². The summed E-state index contributed by atoms with van der Waals surface area (Å²) in [5.41, 5.74) is 0.708. The summed E-state index contributed by atoms with van der Waals surface area (Å²) < 4.78 is 38.4. The molecule has 0 bridgehead atoms. The van der Waals surface area contributed by atoms with Gasteiger partial charge in [0.05, 0.1) is 5.56 Å². The van der Waals surface area contributed by atoms with E-state index >= 15 is 0 Å². The predicted molar refractivity (Wildman–Crippen MR) is 82.3 cm³/mol. The first-order valence-corrected chi connectivity index (χ1v) is 7.57. The van der Waals surface area contributed by atoms with Crippen molar-refractivity contribution in [3.63, 3.8) is 0 Å². The van der Waals surface area contributed by atoms with E-state index in [9.17, 15) is 13.2 Å². The standard InChI is InChI=1S/C15H15ClF3NS/c1-8-4-14(10(3)21-8)9(2)20-13-6-11(15(17,18)19)5-12(16)7-13/h4-7,9,20H,1-3H3. The molecule has 1 aromatic carbocycles. The lowest BCUT2D eigenvalue weighted by molar-refractivity contribution is -0.137. The molecule has 1 aromatic heterocycles. The topological polar surface area (TPSA) is 12.0 Å². The summed E-state index contributed by atoms with van der Waals surface area (Å²) in [6.45, 7) is 5.93. The van der Waals surface area contributed by atoms with Crippen molar-refractivity contribution in [2.45, 2.75) is 33.0 Å². The van der Waals surface area contributed by atoms with E-state index in [1.807, 2.05) is 26.8 Å². The van der Waals surface area contributed by atoms with Crippen LogP contribution in [0.3, 0.4) is 0 Å². The zero-order valence-corrected chi connectivity index (χ0v) is 13.4. The SMILES string of the molecule is Cc1cc(C(C)Nc2cc(Cl)cc(C(F)(F)F)c2)c(C)s1. The summed E-state index contributed by atoms with van der Waals surface area (Å²) in [5.74, 6) is 0. The first-order chi connectivity index (χ1) is 9.66. The number of anilines is 1. The van der Waals surface area contributed by atoms with Gasteiger partial charge in [-0.1, -0.05) is 11.6 Å². The first kappa shape index (κ1) is 16.2. The van der Waals surface area contributed by atoms with Gasteiger partial charge in [-0.3, -0.25) is 0 Å². The van der Waals surface area contributed by atoms with Crippen molar-refractivity contribution >= 4 is 28.6 Å². The maximum absolute atomic E-state index is 12.8. The maximum atomic E-state index is 12.8. The van der Waals surface area contributed by atoms with E-state index in [0.717, 1.165) is 22.6 Å². The van der Waals surface area contributed by atoms with Gasteiger partial charge in [0, 0.05) is 26.5 Å². The Morgan fingerprint density at radius 3 is 2.33 bits per heavy atom. The molecule has 114 valence electrons. The molecule has 0 aliphatic rings. The summed E-state index contributed by atoms with van der Waals surface area (Å²) in [4.78, 5) is 2.34. The fourth-order valence-electron chi connectivity index (χ4n) is 2.24. The highest BCUT2D eigenvalue weighted by Crippen LogP contribution is 2.35. The number of halogens is 4. The number of thiophene rings is 1. The molecule has 0 saturated heterocycles. The number of nitrogens with one attached hydrogen (secondary N) is 1. The molecule has 1 atom stereocenters. The van der Waals surface area contributed by atoms with Crippen LogP contribution in [0.15, 0.2) is 24.3 Å². The quantitative estimate of drug-likeness (QED) is 0.704. The summed E-state index contributed by atoms with van der Waals surface area (Å²) >= 11 is 7.46. The van der Waals surface area contributed by atoms with Crippen molar-refractivity contribution in [2.75, 3.05) is 5.32 Å². The van der Waals surface area contributed by atoms with Crippen molar-refractivity contribution in [1.82, 2.24) is 0 Å². The van der Waals surface area contributed by atoms with E-state index < -0.39 is 11.7 Å². The maximum Gasteiger partial charge on any atom is 0.416 e. The minimum absolute atomic E-state index is 0.0674. The molecule has 1 nitrogen and oxygen atoms in total. The zero-order valence-electron chi connectivity index (χ0n) is 11.8. The molecule has 2 aromatic rings. The number of hydrogen-bond donors (Lipinski definition) is 1. The Balaban J connectivity index is 2.27. The first-order valence-electron chi connectivity index (χ1n) is 6.38. The van der Waals surface area contributed by atoms with Crippen LogP contribution in [-0.2, 0) is 6.18 Å². The minimum Gasteiger partial charge on any atom is -0.378 e. The van der Waals surface area contributed by atoms with Crippen LogP contribution in [-0.4, -0.2) is 0 Å². The molecular weight excluding hydrogens is 319 g/mol. The summed E-state index contributed by atoms with van der Waals surface area (Å²) in [5, 5.41) is 3.16. The van der Waals surface area contributed by atoms with Crippen LogP contribution in [0.4, 0.5) is 18.9 Å². The Hall–Kier alpha value is -1.20. The fraction of sp³-hybridized carbons (Fsp3) is 0.333. The van der Waals surface area contributed by atoms with E-state index in [4.69, 9.17) is 11.6 Å². The molecule has 0 saturated carbocycles. The van der Waals surface area contributed by atoms with Gasteiger partial charge in [-0.25, -0.2) is 0 Å². The van der Waals surface area contributed by atoms with E-state index in [1.165, 1.54) is 10.9 Å². The van der Waals surface area contributed by atoms with E-state index in [1.54, 1.807) is 11.3 Å². The predicted octanol–water partition coefficient (Wildman–Crippen LogP) is 6.21. The van der Waals surface area contributed by atoms with Crippen molar-refractivity contribution in [3.05, 3.63) is 50.2 Å². The molecule has 0 spiro atoms. The third kappa shape index (κ3) is 3.92. The van der Waals surface area contributed by atoms with Gasteiger partial charge in [0.1, 0.15) is 0 Å². The summed E-state index contributed by atoms with van der Waals surface area (Å²) in [7, 11) is 0. The molecule has 21 heavy (non-hydrogen) atoms. The molecule has 0 aliphatic carbocycles. The third-order valence-electron chi connectivity index (χ3n) is 3.15. The molecule has 6 heteroatoms. The highest BCUT2D eigenvalue weighted by Gasteiger charge is 2.31. The Bertz CT molecular complexity index is 649. The molecule has 1 N–H and O–H groups in total. The normalized spacial score (nSPS) is 13.3. The van der Waals surface area contributed by atoms with Crippen LogP contribution >= 0.6 is 22.9 Å². The number of hydrogen-bond acceptors (Lipinski definition) is 2. The van der Waals surface area contributed by atoms with Crippen molar-refractivity contribution in [3.8, 4) is 0 Å². The molecule has 1 heterocycles. The van der Waals surface area contributed by atoms with Crippen LogP contribution in [0, 0.1) is 13.8 Å². The minimum atomic E-state index is -4.40. The van der Waals surface area contributed by atoms with Gasteiger partial charge in [-0.15, -0.1) is 11.3 Å². The smallest absolute Gasteiger partial charge is 0.378 e. The van der Waals surface area contributed by atoms with Gasteiger partial charge in [0.15, 0.2) is 0 Å². The van der Waals surface area contributed by atoms with Gasteiger partial charge in [-0.05, 0) is 50.6 Å². The van der Waals surface area contributed by atoms with Crippen LogP contribution in [0.2, 0.25) is 5.02 Å². The second kappa shape index (κ2) is 5.89. The van der Waals surface area contributed by atoms with E-state index in [0.29, 0.717) is 5.69 Å².